The molecule has 0 amide bonds. The van der Waals surface area contributed by atoms with E-state index in [-0.39, 0.29) is 17.3 Å². The summed E-state index contributed by atoms with van der Waals surface area (Å²) in [6, 6.07) is 6.84. The molecule has 0 radical (unpaired) electrons. The van der Waals surface area contributed by atoms with Crippen LogP contribution < -0.4 is 5.73 Å². The van der Waals surface area contributed by atoms with Gasteiger partial charge in [-0.25, -0.2) is 4.39 Å². The Morgan fingerprint density at radius 2 is 2.29 bits per heavy atom. The fraction of sp³-hybridized carbons (Fsp3) is 0.571. The molecule has 2 N–H and O–H groups in total. The van der Waals surface area contributed by atoms with E-state index in [0.29, 0.717) is 12.6 Å². The van der Waals surface area contributed by atoms with Gasteiger partial charge in [0.05, 0.1) is 12.2 Å². The molecule has 2 heterocycles. The third kappa shape index (κ3) is 1.87. The van der Waals surface area contributed by atoms with Crippen LogP contribution in [0.3, 0.4) is 0 Å². The van der Waals surface area contributed by atoms with Gasteiger partial charge in [-0.15, -0.1) is 0 Å². The van der Waals surface area contributed by atoms with Gasteiger partial charge < -0.3 is 10.5 Å². The summed E-state index contributed by atoms with van der Waals surface area (Å²) in [7, 11) is 0. The topological polar surface area (TPSA) is 35.2 Å². The monoisotopic (exact) mass is 235 g/mol. The van der Waals surface area contributed by atoms with Crippen LogP contribution in [0.25, 0.3) is 0 Å². The molecular weight excluding hydrogens is 217 g/mol. The number of rotatable bonds is 3. The van der Waals surface area contributed by atoms with Crippen LogP contribution in [0.5, 0.6) is 0 Å². The largest absolute Gasteiger partial charge is 0.374 e. The van der Waals surface area contributed by atoms with Crippen LogP contribution >= 0.6 is 0 Å². The lowest BCUT2D eigenvalue weighted by Gasteiger charge is -2.34. The number of nitrogens with two attached hydrogens (primary N) is 1. The van der Waals surface area contributed by atoms with E-state index in [2.05, 4.69) is 0 Å². The van der Waals surface area contributed by atoms with Crippen molar-refractivity contribution in [3.05, 3.63) is 35.6 Å². The molecule has 2 aliphatic rings. The van der Waals surface area contributed by atoms with Crippen LogP contribution in [0.4, 0.5) is 4.39 Å². The molecular formula is C14H18FNO. The molecule has 3 atom stereocenters. The van der Waals surface area contributed by atoms with Gasteiger partial charge in [0.25, 0.3) is 0 Å². The predicted octanol–water partition coefficient (Wildman–Crippen LogP) is 2.26. The van der Waals surface area contributed by atoms with E-state index in [1.54, 1.807) is 12.1 Å². The zero-order valence-corrected chi connectivity index (χ0v) is 9.86. The summed E-state index contributed by atoms with van der Waals surface area (Å²) in [6.45, 7) is 0.630. The second kappa shape index (κ2) is 4.07. The molecule has 2 bridgehead atoms. The molecule has 0 saturated carbocycles. The summed E-state index contributed by atoms with van der Waals surface area (Å²) in [5.74, 6) is -0.168. The SMILES string of the molecule is NCC1(Cc2cccc(F)c2)CC2CCC1O2. The molecule has 92 valence electrons. The normalized spacial score (nSPS) is 35.4. The Hall–Kier alpha value is -0.930. The number of fused-ring (bicyclic) bond motifs is 2. The molecule has 2 fully saturated rings. The Morgan fingerprint density at radius 1 is 1.41 bits per heavy atom. The summed E-state index contributed by atoms with van der Waals surface area (Å²) in [6.07, 6.45) is 4.80. The smallest absolute Gasteiger partial charge is 0.123 e. The maximum absolute atomic E-state index is 13.2. The van der Waals surface area contributed by atoms with Crippen LogP contribution in [0.15, 0.2) is 24.3 Å². The van der Waals surface area contributed by atoms with Crippen LogP contribution in [0.2, 0.25) is 0 Å². The van der Waals surface area contributed by atoms with E-state index in [1.165, 1.54) is 6.07 Å². The lowest BCUT2D eigenvalue weighted by Crippen LogP contribution is -2.41. The fourth-order valence-corrected chi connectivity index (χ4v) is 3.42. The van der Waals surface area contributed by atoms with Crippen molar-refractivity contribution >= 4 is 0 Å². The Labute approximate surface area is 101 Å². The minimum atomic E-state index is -0.168. The first-order valence-electron chi connectivity index (χ1n) is 6.32. The van der Waals surface area contributed by atoms with Gasteiger partial charge in [0.15, 0.2) is 0 Å². The van der Waals surface area contributed by atoms with Crippen LogP contribution in [0.1, 0.15) is 24.8 Å². The third-order valence-electron chi connectivity index (χ3n) is 4.28. The molecule has 2 aliphatic heterocycles. The van der Waals surface area contributed by atoms with Crippen molar-refractivity contribution in [3.8, 4) is 0 Å². The van der Waals surface area contributed by atoms with E-state index in [4.69, 9.17) is 10.5 Å². The summed E-state index contributed by atoms with van der Waals surface area (Å²) in [4.78, 5) is 0. The highest BCUT2D eigenvalue weighted by atomic mass is 19.1. The molecule has 3 rings (SSSR count). The van der Waals surface area contributed by atoms with E-state index in [1.807, 2.05) is 6.07 Å². The van der Waals surface area contributed by atoms with Gasteiger partial charge in [0.1, 0.15) is 5.82 Å². The van der Waals surface area contributed by atoms with Crippen LogP contribution in [-0.4, -0.2) is 18.8 Å². The summed E-state index contributed by atoms with van der Waals surface area (Å²) in [5.41, 5.74) is 7.04. The molecule has 17 heavy (non-hydrogen) atoms. The maximum atomic E-state index is 13.2. The van der Waals surface area contributed by atoms with Crippen molar-refractivity contribution < 1.29 is 9.13 Å². The Morgan fingerprint density at radius 3 is 2.88 bits per heavy atom. The Balaban J connectivity index is 1.83. The quantitative estimate of drug-likeness (QED) is 0.872. The molecule has 1 aromatic carbocycles. The minimum absolute atomic E-state index is 0.0384. The summed E-state index contributed by atoms with van der Waals surface area (Å²) in [5, 5.41) is 0. The van der Waals surface area contributed by atoms with E-state index < -0.39 is 0 Å². The molecule has 2 saturated heterocycles. The average molecular weight is 235 g/mol. The molecule has 1 aromatic rings. The van der Waals surface area contributed by atoms with Gasteiger partial charge in [0, 0.05) is 12.0 Å². The van der Waals surface area contributed by atoms with Gasteiger partial charge in [-0.05, 0) is 43.4 Å². The standard InChI is InChI=1S/C14H18FNO/c15-11-3-1-2-10(6-11)7-14(9-16)8-12-4-5-13(14)17-12/h1-3,6,12-13H,4-5,7-9,16H2. The van der Waals surface area contributed by atoms with Gasteiger partial charge in [-0.3, -0.25) is 0 Å². The van der Waals surface area contributed by atoms with Crippen molar-refractivity contribution in [1.29, 1.82) is 0 Å². The molecule has 3 unspecified atom stereocenters. The number of hydrogen-bond acceptors (Lipinski definition) is 2. The molecule has 0 spiro atoms. The van der Waals surface area contributed by atoms with Crippen molar-refractivity contribution in [2.45, 2.75) is 37.9 Å². The number of hydrogen-bond donors (Lipinski definition) is 1. The lowest BCUT2D eigenvalue weighted by molar-refractivity contribution is 0.0636. The molecule has 3 heteroatoms. The van der Waals surface area contributed by atoms with Crippen molar-refractivity contribution in [1.82, 2.24) is 0 Å². The van der Waals surface area contributed by atoms with Gasteiger partial charge in [0.2, 0.25) is 0 Å². The highest BCUT2D eigenvalue weighted by Crippen LogP contribution is 2.48. The number of benzene rings is 1. The third-order valence-corrected chi connectivity index (χ3v) is 4.28. The first kappa shape index (κ1) is 11.2. The molecule has 0 aliphatic carbocycles. The maximum Gasteiger partial charge on any atom is 0.123 e. The van der Waals surface area contributed by atoms with Crippen molar-refractivity contribution in [2.24, 2.45) is 11.1 Å². The van der Waals surface area contributed by atoms with Gasteiger partial charge in [-0.2, -0.15) is 0 Å². The van der Waals surface area contributed by atoms with Crippen molar-refractivity contribution in [2.75, 3.05) is 6.54 Å². The second-order valence-electron chi connectivity index (χ2n) is 5.40. The molecule has 2 nitrogen and oxygen atoms in total. The Bertz CT molecular complexity index is 422. The summed E-state index contributed by atoms with van der Waals surface area (Å²) >= 11 is 0. The fourth-order valence-electron chi connectivity index (χ4n) is 3.42. The zero-order chi connectivity index (χ0) is 11.9. The molecule has 0 aromatic heterocycles. The van der Waals surface area contributed by atoms with E-state index in [9.17, 15) is 4.39 Å². The zero-order valence-electron chi connectivity index (χ0n) is 9.86. The average Bonchev–Trinajstić information content (AvgIpc) is 2.89. The van der Waals surface area contributed by atoms with Crippen molar-refractivity contribution in [3.63, 3.8) is 0 Å². The van der Waals surface area contributed by atoms with E-state index >= 15 is 0 Å². The first-order chi connectivity index (χ1) is 8.22. The van der Waals surface area contributed by atoms with Gasteiger partial charge in [-0.1, -0.05) is 12.1 Å². The van der Waals surface area contributed by atoms with Gasteiger partial charge >= 0.3 is 0 Å². The van der Waals surface area contributed by atoms with Crippen LogP contribution in [0, 0.1) is 11.2 Å². The minimum Gasteiger partial charge on any atom is -0.374 e. The summed E-state index contributed by atoms with van der Waals surface area (Å²) < 4.78 is 19.1. The van der Waals surface area contributed by atoms with E-state index in [0.717, 1.165) is 31.2 Å². The number of halogens is 1. The number of ether oxygens (including phenoxy) is 1. The first-order valence-corrected chi connectivity index (χ1v) is 6.32. The van der Waals surface area contributed by atoms with Crippen LogP contribution in [-0.2, 0) is 11.2 Å². The Kier molecular flexibility index (Phi) is 2.68. The predicted molar refractivity (Wildman–Crippen MR) is 64.1 cm³/mol. The lowest BCUT2D eigenvalue weighted by atomic mass is 9.70. The second-order valence-corrected chi connectivity index (χ2v) is 5.40. The highest BCUT2D eigenvalue weighted by molar-refractivity contribution is 5.20. The highest BCUT2D eigenvalue weighted by Gasteiger charge is 2.51.